The molecule has 0 bridgehead atoms. The third-order valence-corrected chi connectivity index (χ3v) is 1.57. The second-order valence-electron chi connectivity index (χ2n) is 1.95. The summed E-state index contributed by atoms with van der Waals surface area (Å²) in [7, 11) is 0. The fraction of sp³-hybridized carbons (Fsp3) is 0.400. The van der Waals surface area contributed by atoms with Crippen molar-refractivity contribution in [2.24, 2.45) is 0 Å². The Balaban J connectivity index is 2.50. The van der Waals surface area contributed by atoms with Crippen molar-refractivity contribution in [3.8, 4) is 0 Å². The van der Waals surface area contributed by atoms with Crippen molar-refractivity contribution in [3.05, 3.63) is 6.20 Å². The van der Waals surface area contributed by atoms with Crippen LogP contribution in [0.1, 0.15) is 6.92 Å². The van der Waals surface area contributed by atoms with Crippen LogP contribution in [0.25, 0.3) is 0 Å². The molecular weight excluding hydrogens is 166 g/mol. The van der Waals surface area contributed by atoms with Gasteiger partial charge in [0.15, 0.2) is 0 Å². The number of carbonyl (C=O) groups is 1. The molecule has 1 heterocycles. The van der Waals surface area contributed by atoms with Crippen molar-refractivity contribution in [2.75, 3.05) is 5.32 Å². The van der Waals surface area contributed by atoms with E-state index in [1.54, 1.807) is 0 Å². The molecule has 0 spiro atoms. The summed E-state index contributed by atoms with van der Waals surface area (Å²) in [5.41, 5.74) is 0. The summed E-state index contributed by atoms with van der Waals surface area (Å²) in [5, 5.41) is 15.2. The molecular formula is C5H7N3O2S. The largest absolute Gasteiger partial charge is 0.384 e. The molecule has 0 aromatic carbocycles. The lowest BCUT2D eigenvalue weighted by Gasteiger charge is -2.01. The summed E-state index contributed by atoms with van der Waals surface area (Å²) < 4.78 is 3.53. The molecule has 1 atom stereocenters. The van der Waals surface area contributed by atoms with Gasteiger partial charge < -0.3 is 10.4 Å². The first-order valence-electron chi connectivity index (χ1n) is 2.96. The minimum Gasteiger partial charge on any atom is -0.384 e. The molecule has 1 amide bonds. The van der Waals surface area contributed by atoms with E-state index in [4.69, 9.17) is 5.11 Å². The number of hydrogen-bond acceptors (Lipinski definition) is 5. The van der Waals surface area contributed by atoms with E-state index in [1.807, 2.05) is 0 Å². The zero-order chi connectivity index (χ0) is 8.27. The van der Waals surface area contributed by atoms with Crippen molar-refractivity contribution in [1.82, 2.24) is 9.59 Å². The molecule has 0 aliphatic carbocycles. The number of rotatable bonds is 2. The third-order valence-electron chi connectivity index (χ3n) is 0.987. The summed E-state index contributed by atoms with van der Waals surface area (Å²) in [4.78, 5) is 10.8. The van der Waals surface area contributed by atoms with Gasteiger partial charge in [-0.05, 0) is 6.92 Å². The predicted octanol–water partition coefficient (Wildman–Crippen LogP) is -0.143. The van der Waals surface area contributed by atoms with Crippen molar-refractivity contribution in [3.63, 3.8) is 0 Å². The van der Waals surface area contributed by atoms with Crippen LogP contribution >= 0.6 is 11.5 Å². The molecule has 1 rings (SSSR count). The van der Waals surface area contributed by atoms with Crippen LogP contribution in [0.4, 0.5) is 5.00 Å². The molecule has 0 radical (unpaired) electrons. The van der Waals surface area contributed by atoms with E-state index < -0.39 is 12.0 Å². The zero-order valence-corrected chi connectivity index (χ0v) is 6.63. The highest BCUT2D eigenvalue weighted by atomic mass is 32.1. The maximum atomic E-state index is 10.8. The Kier molecular flexibility index (Phi) is 2.50. The molecule has 0 aliphatic rings. The van der Waals surface area contributed by atoms with Gasteiger partial charge in [0.2, 0.25) is 0 Å². The average Bonchev–Trinajstić information content (AvgIpc) is 2.39. The topological polar surface area (TPSA) is 75.1 Å². The summed E-state index contributed by atoms with van der Waals surface area (Å²) in [6.07, 6.45) is 0.419. The van der Waals surface area contributed by atoms with Crippen molar-refractivity contribution in [1.29, 1.82) is 0 Å². The predicted molar refractivity (Wildman–Crippen MR) is 40.2 cm³/mol. The Labute approximate surface area is 67.2 Å². The second-order valence-corrected chi connectivity index (χ2v) is 2.73. The molecule has 0 unspecified atom stereocenters. The van der Waals surface area contributed by atoms with Gasteiger partial charge in [-0.2, -0.15) is 0 Å². The number of amides is 1. The van der Waals surface area contributed by atoms with Crippen molar-refractivity contribution >= 4 is 22.4 Å². The molecule has 0 fully saturated rings. The van der Waals surface area contributed by atoms with Gasteiger partial charge in [0.05, 0.1) is 6.20 Å². The molecule has 11 heavy (non-hydrogen) atoms. The summed E-state index contributed by atoms with van der Waals surface area (Å²) in [6.45, 7) is 1.39. The highest BCUT2D eigenvalue weighted by molar-refractivity contribution is 7.10. The highest BCUT2D eigenvalue weighted by Gasteiger charge is 2.09. The van der Waals surface area contributed by atoms with E-state index in [0.717, 1.165) is 11.5 Å². The molecule has 1 aromatic heterocycles. The number of hydrogen-bond donors (Lipinski definition) is 2. The first-order chi connectivity index (χ1) is 5.20. The lowest BCUT2D eigenvalue weighted by Crippen LogP contribution is -2.23. The normalized spacial score (nSPS) is 12.5. The Morgan fingerprint density at radius 3 is 3.09 bits per heavy atom. The van der Waals surface area contributed by atoms with Gasteiger partial charge in [-0.3, -0.25) is 4.79 Å². The van der Waals surface area contributed by atoms with E-state index in [9.17, 15) is 4.79 Å². The van der Waals surface area contributed by atoms with E-state index in [1.165, 1.54) is 13.1 Å². The minimum atomic E-state index is -1.00. The molecule has 0 aliphatic heterocycles. The number of anilines is 1. The fourth-order valence-corrected chi connectivity index (χ4v) is 0.871. The van der Waals surface area contributed by atoms with E-state index in [-0.39, 0.29) is 0 Å². The summed E-state index contributed by atoms with van der Waals surface area (Å²) in [5.74, 6) is -0.448. The van der Waals surface area contributed by atoms with Crippen LogP contribution in [0.5, 0.6) is 0 Å². The van der Waals surface area contributed by atoms with Gasteiger partial charge in [0, 0.05) is 11.5 Å². The number of aromatic nitrogens is 2. The number of aliphatic hydroxyl groups is 1. The minimum absolute atomic E-state index is 0.448. The fourth-order valence-electron chi connectivity index (χ4n) is 0.448. The van der Waals surface area contributed by atoms with Crippen LogP contribution in [0, 0.1) is 0 Å². The Hall–Kier alpha value is -1.01. The van der Waals surface area contributed by atoms with E-state index >= 15 is 0 Å². The zero-order valence-electron chi connectivity index (χ0n) is 5.81. The Morgan fingerprint density at radius 2 is 2.64 bits per heavy atom. The van der Waals surface area contributed by atoms with Gasteiger partial charge in [-0.25, -0.2) is 0 Å². The van der Waals surface area contributed by atoms with E-state index in [2.05, 4.69) is 14.9 Å². The Morgan fingerprint density at radius 1 is 1.91 bits per heavy atom. The van der Waals surface area contributed by atoms with Crippen LogP contribution in [-0.2, 0) is 4.79 Å². The van der Waals surface area contributed by atoms with Gasteiger partial charge in [0.1, 0.15) is 11.1 Å². The van der Waals surface area contributed by atoms with Crippen LogP contribution in [0.15, 0.2) is 6.20 Å². The monoisotopic (exact) mass is 173 g/mol. The molecule has 0 saturated heterocycles. The van der Waals surface area contributed by atoms with Crippen LogP contribution in [0.3, 0.4) is 0 Å². The van der Waals surface area contributed by atoms with Gasteiger partial charge in [-0.1, -0.05) is 4.49 Å². The van der Waals surface area contributed by atoms with Crippen LogP contribution in [0.2, 0.25) is 0 Å². The van der Waals surface area contributed by atoms with E-state index in [0.29, 0.717) is 5.00 Å². The molecule has 2 N–H and O–H groups in total. The lowest BCUT2D eigenvalue weighted by atomic mass is 10.4. The van der Waals surface area contributed by atoms with Gasteiger partial charge >= 0.3 is 0 Å². The summed E-state index contributed by atoms with van der Waals surface area (Å²) >= 11 is 1.06. The highest BCUT2D eigenvalue weighted by Crippen LogP contribution is 2.08. The second kappa shape index (κ2) is 3.40. The SMILES string of the molecule is C[C@@H](O)C(=O)Nc1cnns1. The van der Waals surface area contributed by atoms with Crippen molar-refractivity contribution in [2.45, 2.75) is 13.0 Å². The first-order valence-corrected chi connectivity index (χ1v) is 3.74. The maximum Gasteiger partial charge on any atom is 0.253 e. The van der Waals surface area contributed by atoms with Crippen LogP contribution in [-0.4, -0.2) is 26.7 Å². The smallest absolute Gasteiger partial charge is 0.253 e. The number of nitrogens with one attached hydrogen (secondary N) is 1. The van der Waals surface area contributed by atoms with Crippen molar-refractivity contribution < 1.29 is 9.90 Å². The molecule has 6 heteroatoms. The Bertz CT molecular complexity index is 234. The van der Waals surface area contributed by atoms with Crippen LogP contribution < -0.4 is 5.32 Å². The molecule has 60 valence electrons. The molecule has 1 aromatic rings. The number of aliphatic hydroxyl groups excluding tert-OH is 1. The lowest BCUT2D eigenvalue weighted by molar-refractivity contribution is -0.123. The number of carbonyl (C=O) groups excluding carboxylic acids is 1. The molecule has 5 nitrogen and oxygen atoms in total. The first kappa shape index (κ1) is 8.09. The molecule has 0 saturated carbocycles. The standard InChI is InChI=1S/C5H7N3O2S/c1-3(9)5(10)7-4-2-6-8-11-4/h2-3,9H,1H3,(H,7,10)/t3-/m1/s1. The quantitative estimate of drug-likeness (QED) is 0.652. The van der Waals surface area contributed by atoms with Gasteiger partial charge in [-0.15, -0.1) is 5.10 Å². The van der Waals surface area contributed by atoms with Gasteiger partial charge in [0.25, 0.3) is 5.91 Å². The third kappa shape index (κ3) is 2.24. The average molecular weight is 173 g/mol. The number of nitrogens with zero attached hydrogens (tertiary/aromatic N) is 2. The maximum absolute atomic E-state index is 10.8. The summed E-state index contributed by atoms with van der Waals surface area (Å²) in [6, 6.07) is 0.